The quantitative estimate of drug-likeness (QED) is 0.450. The number of fused-ring (bicyclic) bond motifs is 5. The van der Waals surface area contributed by atoms with Crippen molar-refractivity contribution in [2.45, 2.75) is 65.3 Å². The van der Waals surface area contributed by atoms with E-state index < -0.39 is 4.92 Å². The smallest absolute Gasteiger partial charge is 0.269 e. The lowest BCUT2D eigenvalue weighted by Crippen LogP contribution is -2.59. The number of nitro groups is 1. The summed E-state index contributed by atoms with van der Waals surface area (Å²) < 4.78 is 0. The van der Waals surface area contributed by atoms with E-state index in [9.17, 15) is 19.7 Å². The highest BCUT2D eigenvalue weighted by molar-refractivity contribution is 5.94. The third-order valence-electron chi connectivity index (χ3n) is 10.8. The molecule has 2 amide bonds. The molecule has 3 aliphatic carbocycles. The molecule has 1 aromatic carbocycles. The molecule has 8 atom stereocenters. The lowest BCUT2D eigenvalue weighted by molar-refractivity contribution is -0.384. The number of rotatable bonds is 5. The molecule has 1 heterocycles. The molecule has 3 saturated carbocycles. The van der Waals surface area contributed by atoms with E-state index in [4.69, 9.17) is 0 Å². The number of nitrogens with zero attached hydrogens (tertiary/aromatic N) is 2. The molecule has 194 valence electrons. The van der Waals surface area contributed by atoms with E-state index in [1.54, 1.807) is 6.08 Å². The number of benzene rings is 1. The molecule has 5 rings (SSSR count). The van der Waals surface area contributed by atoms with E-state index in [-0.39, 0.29) is 28.3 Å². The van der Waals surface area contributed by atoms with Gasteiger partial charge in [0.05, 0.1) is 4.92 Å². The number of carbonyl (C=O) groups excluding carboxylic acids is 2. The van der Waals surface area contributed by atoms with Gasteiger partial charge in [0.25, 0.3) is 11.6 Å². The summed E-state index contributed by atoms with van der Waals surface area (Å²) in [5.41, 5.74) is 0.792. The second-order valence-corrected chi connectivity index (χ2v) is 12.3. The van der Waals surface area contributed by atoms with Crippen molar-refractivity contribution in [1.82, 2.24) is 10.2 Å². The van der Waals surface area contributed by atoms with Crippen LogP contribution in [0.25, 0.3) is 0 Å². The lowest BCUT2D eigenvalue weighted by Gasteiger charge is -2.60. The Morgan fingerprint density at radius 3 is 2.56 bits per heavy atom. The van der Waals surface area contributed by atoms with Gasteiger partial charge in [-0.2, -0.15) is 0 Å². The van der Waals surface area contributed by atoms with Gasteiger partial charge in [0.1, 0.15) is 0 Å². The molecule has 0 bridgehead atoms. The number of hydrogen-bond acceptors (Lipinski definition) is 4. The fourth-order valence-corrected chi connectivity index (χ4v) is 8.95. The van der Waals surface area contributed by atoms with Crippen LogP contribution in [0.3, 0.4) is 0 Å². The van der Waals surface area contributed by atoms with Gasteiger partial charge in [0.15, 0.2) is 0 Å². The van der Waals surface area contributed by atoms with Gasteiger partial charge in [-0.1, -0.05) is 26.8 Å². The lowest BCUT2D eigenvalue weighted by atomic mass is 9.47. The third-order valence-corrected chi connectivity index (χ3v) is 10.8. The van der Waals surface area contributed by atoms with Crippen LogP contribution in [0.4, 0.5) is 5.69 Å². The van der Waals surface area contributed by atoms with Crippen LogP contribution >= 0.6 is 0 Å². The van der Waals surface area contributed by atoms with Crippen molar-refractivity contribution in [3.8, 4) is 0 Å². The number of amides is 2. The van der Waals surface area contributed by atoms with Gasteiger partial charge in [-0.25, -0.2) is 0 Å². The Labute approximate surface area is 213 Å². The van der Waals surface area contributed by atoms with E-state index in [0.29, 0.717) is 47.7 Å². The molecule has 0 radical (unpaired) electrons. The summed E-state index contributed by atoms with van der Waals surface area (Å²) in [5, 5.41) is 14.0. The normalized spacial score (nSPS) is 38.1. The predicted molar refractivity (Wildman–Crippen MR) is 138 cm³/mol. The van der Waals surface area contributed by atoms with E-state index >= 15 is 0 Å². The van der Waals surface area contributed by atoms with Crippen LogP contribution in [-0.2, 0) is 4.79 Å². The third kappa shape index (κ3) is 3.86. The van der Waals surface area contributed by atoms with Crippen LogP contribution in [0, 0.1) is 50.5 Å². The Bertz CT molecular complexity index is 1080. The Kier molecular flexibility index (Phi) is 6.24. The van der Waals surface area contributed by atoms with Gasteiger partial charge in [-0.15, -0.1) is 0 Å². The first-order valence-electron chi connectivity index (χ1n) is 13.5. The van der Waals surface area contributed by atoms with E-state index in [1.807, 2.05) is 11.9 Å². The Morgan fingerprint density at radius 2 is 1.86 bits per heavy atom. The zero-order chi connectivity index (χ0) is 25.8. The topological polar surface area (TPSA) is 92.5 Å². The summed E-state index contributed by atoms with van der Waals surface area (Å²) in [7, 11) is 1.97. The van der Waals surface area contributed by atoms with E-state index in [0.717, 1.165) is 6.42 Å². The summed E-state index contributed by atoms with van der Waals surface area (Å²) in [6.45, 7) is 7.77. The molecule has 2 unspecified atom stereocenters. The summed E-state index contributed by atoms with van der Waals surface area (Å²) >= 11 is 0. The first kappa shape index (κ1) is 25.0. The van der Waals surface area contributed by atoms with Crippen molar-refractivity contribution < 1.29 is 14.5 Å². The van der Waals surface area contributed by atoms with Gasteiger partial charge < -0.3 is 10.2 Å². The van der Waals surface area contributed by atoms with Gasteiger partial charge in [-0.3, -0.25) is 19.7 Å². The molecule has 1 N–H and O–H groups in total. The van der Waals surface area contributed by atoms with Crippen molar-refractivity contribution in [2.24, 2.45) is 40.4 Å². The van der Waals surface area contributed by atoms with Crippen LogP contribution in [-0.4, -0.2) is 41.3 Å². The molecule has 0 saturated heterocycles. The Balaban J connectivity index is 1.25. The van der Waals surface area contributed by atoms with E-state index in [2.05, 4.69) is 32.2 Å². The fraction of sp³-hybridized carbons (Fsp3) is 0.655. The zero-order valence-electron chi connectivity index (χ0n) is 21.9. The summed E-state index contributed by atoms with van der Waals surface area (Å²) in [4.78, 5) is 37.4. The minimum absolute atomic E-state index is 0.00898. The number of non-ortho nitro benzene ring substituents is 1. The van der Waals surface area contributed by atoms with Crippen LogP contribution in [0.15, 0.2) is 36.4 Å². The summed E-state index contributed by atoms with van der Waals surface area (Å²) in [5.74, 6) is 2.92. The van der Waals surface area contributed by atoms with Crippen LogP contribution < -0.4 is 5.32 Å². The molecule has 36 heavy (non-hydrogen) atoms. The predicted octanol–water partition coefficient (Wildman–Crippen LogP) is 5.22. The second-order valence-electron chi connectivity index (χ2n) is 12.3. The van der Waals surface area contributed by atoms with Crippen molar-refractivity contribution in [2.75, 3.05) is 13.6 Å². The van der Waals surface area contributed by atoms with E-state index in [1.165, 1.54) is 56.4 Å². The number of hydrogen-bond donors (Lipinski definition) is 1. The summed E-state index contributed by atoms with van der Waals surface area (Å²) in [6, 6.07) is 6.11. The van der Waals surface area contributed by atoms with Crippen LogP contribution in [0.1, 0.15) is 69.7 Å². The van der Waals surface area contributed by atoms with Crippen LogP contribution in [0.5, 0.6) is 0 Å². The first-order valence-corrected chi connectivity index (χ1v) is 13.5. The molecule has 1 aromatic rings. The molecule has 0 aromatic heterocycles. The number of carbonyl (C=O) groups is 2. The number of nitrogens with one attached hydrogen (secondary N) is 1. The average Bonchev–Trinajstić information content (AvgIpc) is 3.22. The molecule has 0 spiro atoms. The van der Waals surface area contributed by atoms with Crippen molar-refractivity contribution in [3.05, 3.63) is 52.1 Å². The Morgan fingerprint density at radius 1 is 1.14 bits per heavy atom. The highest BCUT2D eigenvalue weighted by Gasteiger charge is 2.60. The molecular formula is C29H39N3O4. The largest absolute Gasteiger partial charge is 0.352 e. The standard InChI is InChI=1S/C29H39N3O4/c1-18(17-30-27(34)19-5-7-20(8-6-19)32(35)36)22-10-11-23-21-9-12-25-29(3,16-14-26(33)31(25)4)24(21)13-15-28(22,23)2/h5-8,14,16,18,21-25H,9-13,15,17H2,1-4H3,(H,30,34)/t18?,21-,22+,23-,24-,25?,28+,29+/m0/s1. The molecule has 4 aliphatic rings. The molecule has 1 aliphatic heterocycles. The highest BCUT2D eigenvalue weighted by atomic mass is 16.6. The highest BCUT2D eigenvalue weighted by Crippen LogP contribution is 2.66. The number of nitro benzene ring substituents is 1. The van der Waals surface area contributed by atoms with Crippen molar-refractivity contribution >= 4 is 17.5 Å². The van der Waals surface area contributed by atoms with Gasteiger partial charge >= 0.3 is 0 Å². The fourth-order valence-electron chi connectivity index (χ4n) is 8.95. The van der Waals surface area contributed by atoms with Gasteiger partial charge in [-0.05, 0) is 91.7 Å². The second kappa shape index (κ2) is 9.00. The van der Waals surface area contributed by atoms with Gasteiger partial charge in [0.2, 0.25) is 5.91 Å². The SMILES string of the molecule is CC(CNC(=O)c1ccc([N+](=O)[O-])cc1)[C@H]1CC[C@H]2[C@@H]3CCC4N(C)C(=O)C=C[C@]4(C)[C@H]3CC[C@]12C. The van der Waals surface area contributed by atoms with Crippen LogP contribution in [0.2, 0.25) is 0 Å². The maximum atomic E-state index is 12.7. The minimum atomic E-state index is -0.454. The maximum Gasteiger partial charge on any atom is 0.269 e. The molecule has 7 heteroatoms. The molecular weight excluding hydrogens is 454 g/mol. The zero-order valence-corrected chi connectivity index (χ0v) is 21.9. The first-order chi connectivity index (χ1) is 17.1. The Hall–Kier alpha value is -2.70. The van der Waals surface area contributed by atoms with Crippen molar-refractivity contribution in [3.63, 3.8) is 0 Å². The van der Waals surface area contributed by atoms with Crippen molar-refractivity contribution in [1.29, 1.82) is 0 Å². The maximum absolute atomic E-state index is 12.7. The molecule has 7 nitrogen and oxygen atoms in total. The monoisotopic (exact) mass is 493 g/mol. The summed E-state index contributed by atoms with van der Waals surface area (Å²) in [6.07, 6.45) is 11.2. The number of likely N-dealkylation sites (N-methyl/N-ethyl adjacent to an activating group) is 1. The average molecular weight is 494 g/mol. The molecule has 3 fully saturated rings. The van der Waals surface area contributed by atoms with Gasteiger partial charge in [0, 0.05) is 42.7 Å². The minimum Gasteiger partial charge on any atom is -0.352 e.